The van der Waals surface area contributed by atoms with E-state index in [9.17, 15) is 13.2 Å². The van der Waals surface area contributed by atoms with Gasteiger partial charge in [-0.3, -0.25) is 4.31 Å². The fourth-order valence-electron chi connectivity index (χ4n) is 3.21. The highest BCUT2D eigenvalue weighted by molar-refractivity contribution is 7.93. The average molecular weight is 427 g/mol. The average Bonchev–Trinajstić information content (AvgIpc) is 3.35. The number of carbonyl (C=O) groups excluding carboxylic acids is 1. The highest BCUT2D eigenvalue weighted by Crippen LogP contribution is 2.27. The van der Waals surface area contributed by atoms with Crippen LogP contribution in [-0.2, 0) is 14.8 Å². The van der Waals surface area contributed by atoms with E-state index in [1.165, 1.54) is 10.4 Å². The van der Waals surface area contributed by atoms with Gasteiger partial charge in [0.2, 0.25) is 15.9 Å². The summed E-state index contributed by atoms with van der Waals surface area (Å²) in [6, 6.07) is 14.0. The fraction of sp³-hybridized carbons (Fsp3) is 0.286. The van der Waals surface area contributed by atoms with Crippen molar-refractivity contribution in [3.63, 3.8) is 0 Å². The number of hydrogen-bond donors (Lipinski definition) is 0. The lowest BCUT2D eigenvalue weighted by molar-refractivity contribution is 0.0280. The first kappa shape index (κ1) is 20.1. The predicted octanol–water partition coefficient (Wildman–Crippen LogP) is 3.50. The highest BCUT2D eigenvalue weighted by Gasteiger charge is 2.29. The van der Waals surface area contributed by atoms with E-state index in [4.69, 9.17) is 9.15 Å². The summed E-state index contributed by atoms with van der Waals surface area (Å²) in [5.74, 6) is 0.0292. The second kappa shape index (κ2) is 7.91. The van der Waals surface area contributed by atoms with Crippen LogP contribution in [0.4, 0.5) is 5.69 Å². The summed E-state index contributed by atoms with van der Waals surface area (Å²) >= 11 is 0. The SMILES string of the molecule is Cc1ccc(-c2nnc(C(C)OC(=O)c3cccc(N4CCCS4(=O)=O)c3)o2)cc1. The Kier molecular flexibility index (Phi) is 5.29. The molecule has 2 heterocycles. The number of hydrogen-bond acceptors (Lipinski definition) is 7. The quantitative estimate of drug-likeness (QED) is 0.574. The van der Waals surface area contributed by atoms with Gasteiger partial charge in [-0.1, -0.05) is 23.8 Å². The number of carbonyl (C=O) groups is 1. The number of ether oxygens (including phenoxy) is 1. The molecule has 0 amide bonds. The lowest BCUT2D eigenvalue weighted by Gasteiger charge is -2.17. The second-order valence-corrected chi connectivity index (χ2v) is 9.16. The summed E-state index contributed by atoms with van der Waals surface area (Å²) in [5.41, 5.74) is 2.59. The van der Waals surface area contributed by atoms with Gasteiger partial charge in [0.1, 0.15) is 0 Å². The van der Waals surface area contributed by atoms with Crippen LogP contribution in [0, 0.1) is 6.92 Å². The summed E-state index contributed by atoms with van der Waals surface area (Å²) in [5, 5.41) is 8.00. The molecule has 1 aliphatic heterocycles. The molecule has 0 saturated carbocycles. The third-order valence-electron chi connectivity index (χ3n) is 4.84. The van der Waals surface area contributed by atoms with Crippen molar-refractivity contribution in [3.8, 4) is 11.5 Å². The van der Waals surface area contributed by atoms with E-state index in [0.29, 0.717) is 24.5 Å². The Morgan fingerprint density at radius 1 is 1.17 bits per heavy atom. The van der Waals surface area contributed by atoms with Crippen LogP contribution in [0.3, 0.4) is 0 Å². The van der Waals surface area contributed by atoms with E-state index in [1.54, 1.807) is 25.1 Å². The normalized spacial score (nSPS) is 16.4. The molecule has 1 fully saturated rings. The zero-order valence-electron chi connectivity index (χ0n) is 16.6. The van der Waals surface area contributed by atoms with E-state index in [2.05, 4.69) is 10.2 Å². The Labute approximate surface area is 174 Å². The molecule has 30 heavy (non-hydrogen) atoms. The lowest BCUT2D eigenvalue weighted by atomic mass is 10.1. The third kappa shape index (κ3) is 4.06. The molecule has 1 unspecified atom stereocenters. The van der Waals surface area contributed by atoms with Crippen molar-refractivity contribution in [3.05, 3.63) is 65.5 Å². The molecular formula is C21H21N3O5S. The van der Waals surface area contributed by atoms with Crippen molar-refractivity contribution in [2.24, 2.45) is 0 Å². The maximum atomic E-state index is 12.6. The highest BCUT2D eigenvalue weighted by atomic mass is 32.2. The molecule has 3 aromatic rings. The van der Waals surface area contributed by atoms with Crippen molar-refractivity contribution in [2.75, 3.05) is 16.6 Å². The van der Waals surface area contributed by atoms with Crippen LogP contribution >= 0.6 is 0 Å². The molecule has 8 nitrogen and oxygen atoms in total. The topological polar surface area (TPSA) is 103 Å². The number of anilines is 1. The first-order chi connectivity index (χ1) is 14.3. The number of aryl methyl sites for hydroxylation is 1. The van der Waals surface area contributed by atoms with Gasteiger partial charge >= 0.3 is 5.97 Å². The van der Waals surface area contributed by atoms with E-state index in [-0.39, 0.29) is 17.2 Å². The number of esters is 1. The third-order valence-corrected chi connectivity index (χ3v) is 6.71. The van der Waals surface area contributed by atoms with E-state index < -0.39 is 22.1 Å². The van der Waals surface area contributed by atoms with Gasteiger partial charge in [-0.15, -0.1) is 10.2 Å². The molecule has 0 bridgehead atoms. The van der Waals surface area contributed by atoms with Crippen LogP contribution in [0.2, 0.25) is 0 Å². The van der Waals surface area contributed by atoms with Crippen molar-refractivity contribution in [1.29, 1.82) is 0 Å². The molecule has 0 N–H and O–H groups in total. The first-order valence-corrected chi connectivity index (χ1v) is 11.2. The number of sulfonamides is 1. The Bertz CT molecular complexity index is 1170. The second-order valence-electron chi connectivity index (χ2n) is 7.15. The molecule has 1 saturated heterocycles. The van der Waals surface area contributed by atoms with Crippen LogP contribution in [0.5, 0.6) is 0 Å². The summed E-state index contributed by atoms with van der Waals surface area (Å²) in [7, 11) is -3.33. The van der Waals surface area contributed by atoms with Gasteiger partial charge < -0.3 is 9.15 Å². The first-order valence-electron chi connectivity index (χ1n) is 9.55. The summed E-state index contributed by atoms with van der Waals surface area (Å²) in [6.07, 6.45) is -0.197. The van der Waals surface area contributed by atoms with Gasteiger partial charge in [-0.2, -0.15) is 0 Å². The Morgan fingerprint density at radius 3 is 2.63 bits per heavy atom. The van der Waals surface area contributed by atoms with Gasteiger partial charge in [-0.25, -0.2) is 13.2 Å². The van der Waals surface area contributed by atoms with Gasteiger partial charge in [0, 0.05) is 12.1 Å². The largest absolute Gasteiger partial charge is 0.449 e. The van der Waals surface area contributed by atoms with Crippen molar-refractivity contribution in [2.45, 2.75) is 26.4 Å². The van der Waals surface area contributed by atoms with Crippen molar-refractivity contribution >= 4 is 21.7 Å². The van der Waals surface area contributed by atoms with E-state index >= 15 is 0 Å². The number of nitrogens with zero attached hydrogens (tertiary/aromatic N) is 3. The molecule has 1 aliphatic rings. The standard InChI is InChI=1S/C21H21N3O5S/c1-14-7-9-16(10-8-14)20-23-22-19(29-20)15(2)28-21(25)17-5-3-6-18(13-17)24-11-4-12-30(24,26)27/h3,5-10,13,15H,4,11-12H2,1-2H3. The molecule has 4 rings (SSSR count). The number of rotatable bonds is 5. The minimum Gasteiger partial charge on any atom is -0.449 e. The zero-order chi connectivity index (χ0) is 21.3. The molecule has 0 spiro atoms. The van der Waals surface area contributed by atoms with E-state index in [1.807, 2.05) is 31.2 Å². The zero-order valence-corrected chi connectivity index (χ0v) is 17.4. The number of aromatic nitrogens is 2. The minimum absolute atomic E-state index is 0.110. The van der Waals surface area contributed by atoms with Crippen LogP contribution in [0.15, 0.2) is 52.9 Å². The monoisotopic (exact) mass is 427 g/mol. The fourth-order valence-corrected chi connectivity index (χ4v) is 4.76. The van der Waals surface area contributed by atoms with Crippen molar-refractivity contribution in [1.82, 2.24) is 10.2 Å². The van der Waals surface area contributed by atoms with Crippen LogP contribution in [0.1, 0.15) is 41.3 Å². The summed E-state index contributed by atoms with van der Waals surface area (Å²) < 4.78 is 36.7. The molecule has 1 atom stereocenters. The molecule has 0 radical (unpaired) electrons. The maximum Gasteiger partial charge on any atom is 0.338 e. The molecule has 156 valence electrons. The Hall–Kier alpha value is -3.20. The Morgan fingerprint density at radius 2 is 1.93 bits per heavy atom. The van der Waals surface area contributed by atoms with Crippen LogP contribution < -0.4 is 4.31 Å². The van der Waals surface area contributed by atoms with Gasteiger partial charge in [0.15, 0.2) is 6.10 Å². The Balaban J connectivity index is 1.48. The van der Waals surface area contributed by atoms with Crippen LogP contribution in [0.25, 0.3) is 11.5 Å². The summed E-state index contributed by atoms with van der Waals surface area (Å²) in [6.45, 7) is 4.03. The van der Waals surface area contributed by atoms with Gasteiger partial charge in [0.25, 0.3) is 5.89 Å². The molecule has 1 aromatic heterocycles. The van der Waals surface area contributed by atoms with Gasteiger partial charge in [0.05, 0.1) is 17.0 Å². The molecular weight excluding hydrogens is 406 g/mol. The summed E-state index contributed by atoms with van der Waals surface area (Å²) in [4.78, 5) is 12.6. The van der Waals surface area contributed by atoms with Crippen LogP contribution in [-0.4, -0.2) is 36.9 Å². The minimum atomic E-state index is -3.33. The number of benzene rings is 2. The smallest absolute Gasteiger partial charge is 0.338 e. The predicted molar refractivity (Wildman–Crippen MR) is 110 cm³/mol. The van der Waals surface area contributed by atoms with Crippen molar-refractivity contribution < 1.29 is 22.4 Å². The lowest BCUT2D eigenvalue weighted by Crippen LogP contribution is -2.25. The van der Waals surface area contributed by atoms with Gasteiger partial charge in [-0.05, 0) is 50.6 Å². The molecule has 9 heteroatoms. The maximum absolute atomic E-state index is 12.6. The molecule has 0 aliphatic carbocycles. The molecule has 2 aromatic carbocycles. The van der Waals surface area contributed by atoms with E-state index in [0.717, 1.165) is 11.1 Å².